The van der Waals surface area contributed by atoms with Gasteiger partial charge in [-0.2, -0.15) is 0 Å². The van der Waals surface area contributed by atoms with E-state index in [1.807, 2.05) is 0 Å². The molecule has 92 valence electrons. The minimum Gasteiger partial charge on any atom is -0.388 e. The third-order valence-electron chi connectivity index (χ3n) is 4.88. The summed E-state index contributed by atoms with van der Waals surface area (Å²) in [6.07, 6.45) is 8.35. The first-order chi connectivity index (χ1) is 7.78. The minimum atomic E-state index is -0.411. The Bertz CT molecular complexity index is 252. The quantitative estimate of drug-likeness (QED) is 0.700. The molecule has 3 fully saturated rings. The minimum absolute atomic E-state index is 0.365. The second-order valence-corrected chi connectivity index (χ2v) is 5.89. The Morgan fingerprint density at radius 3 is 2.88 bits per heavy atom. The highest BCUT2D eigenvalue weighted by molar-refractivity contribution is 5.01. The molecule has 0 spiro atoms. The first-order valence-corrected chi connectivity index (χ1v) is 6.98. The molecule has 3 aliphatic heterocycles. The fourth-order valence-electron chi connectivity index (χ4n) is 3.89. The van der Waals surface area contributed by atoms with Crippen LogP contribution in [0.15, 0.2) is 0 Å². The molecule has 16 heavy (non-hydrogen) atoms. The van der Waals surface area contributed by atoms with E-state index < -0.39 is 5.60 Å². The highest BCUT2D eigenvalue weighted by Crippen LogP contribution is 2.36. The van der Waals surface area contributed by atoms with Crippen LogP contribution in [0.5, 0.6) is 0 Å². The SMILES string of the molecule is OC1(C2CCCCN2)CCN2CCCC2C1. The summed E-state index contributed by atoms with van der Waals surface area (Å²) in [5.41, 5.74) is -0.411. The molecule has 2 N–H and O–H groups in total. The summed E-state index contributed by atoms with van der Waals surface area (Å²) >= 11 is 0. The molecule has 0 aliphatic carbocycles. The lowest BCUT2D eigenvalue weighted by molar-refractivity contribution is -0.0683. The van der Waals surface area contributed by atoms with E-state index in [9.17, 15) is 5.11 Å². The molecule has 3 rings (SSSR count). The number of fused-ring (bicyclic) bond motifs is 1. The standard InChI is InChI=1S/C13H24N2O/c16-13(12-5-1-2-7-14-12)6-9-15-8-3-4-11(15)10-13/h11-12,14,16H,1-10H2. The van der Waals surface area contributed by atoms with Crippen molar-refractivity contribution >= 4 is 0 Å². The zero-order valence-electron chi connectivity index (χ0n) is 10.1. The van der Waals surface area contributed by atoms with Crippen LogP contribution >= 0.6 is 0 Å². The van der Waals surface area contributed by atoms with Crippen molar-refractivity contribution in [2.24, 2.45) is 0 Å². The highest BCUT2D eigenvalue weighted by Gasteiger charge is 2.44. The van der Waals surface area contributed by atoms with Gasteiger partial charge in [0.05, 0.1) is 5.60 Å². The van der Waals surface area contributed by atoms with Gasteiger partial charge in [0, 0.05) is 18.6 Å². The molecule has 0 amide bonds. The summed E-state index contributed by atoms with van der Waals surface area (Å²) in [4.78, 5) is 2.58. The molecule has 3 unspecified atom stereocenters. The van der Waals surface area contributed by atoms with Crippen LogP contribution in [0.1, 0.15) is 44.9 Å². The molecule has 3 heteroatoms. The molecule has 3 aliphatic rings. The van der Waals surface area contributed by atoms with Crippen LogP contribution in [-0.4, -0.2) is 47.3 Å². The van der Waals surface area contributed by atoms with Crippen molar-refractivity contribution in [1.29, 1.82) is 0 Å². The maximum absolute atomic E-state index is 10.9. The van der Waals surface area contributed by atoms with Crippen molar-refractivity contribution in [3.05, 3.63) is 0 Å². The lowest BCUT2D eigenvalue weighted by Crippen LogP contribution is -2.59. The molecular weight excluding hydrogens is 200 g/mol. The molecule has 0 radical (unpaired) electrons. The van der Waals surface area contributed by atoms with Crippen molar-refractivity contribution in [1.82, 2.24) is 10.2 Å². The summed E-state index contributed by atoms with van der Waals surface area (Å²) in [6.45, 7) is 3.47. The van der Waals surface area contributed by atoms with Crippen LogP contribution in [0.25, 0.3) is 0 Å². The van der Waals surface area contributed by atoms with Gasteiger partial charge in [0.1, 0.15) is 0 Å². The van der Waals surface area contributed by atoms with Gasteiger partial charge >= 0.3 is 0 Å². The van der Waals surface area contributed by atoms with Gasteiger partial charge in [-0.15, -0.1) is 0 Å². The van der Waals surface area contributed by atoms with E-state index in [4.69, 9.17) is 0 Å². The van der Waals surface area contributed by atoms with E-state index in [-0.39, 0.29) is 0 Å². The van der Waals surface area contributed by atoms with Crippen LogP contribution < -0.4 is 5.32 Å². The van der Waals surface area contributed by atoms with Crippen LogP contribution in [-0.2, 0) is 0 Å². The lowest BCUT2D eigenvalue weighted by atomic mass is 9.78. The molecule has 3 nitrogen and oxygen atoms in total. The molecule has 0 aromatic heterocycles. The summed E-state index contributed by atoms with van der Waals surface area (Å²) < 4.78 is 0. The van der Waals surface area contributed by atoms with Gasteiger partial charge < -0.3 is 15.3 Å². The fourth-order valence-corrected chi connectivity index (χ4v) is 3.89. The Hall–Kier alpha value is -0.120. The van der Waals surface area contributed by atoms with Gasteiger partial charge in [0.15, 0.2) is 0 Å². The Balaban J connectivity index is 1.68. The third-order valence-corrected chi connectivity index (χ3v) is 4.88. The van der Waals surface area contributed by atoms with E-state index in [0.29, 0.717) is 12.1 Å². The third kappa shape index (κ3) is 1.89. The van der Waals surface area contributed by atoms with Crippen molar-refractivity contribution in [3.63, 3.8) is 0 Å². The number of nitrogens with one attached hydrogen (secondary N) is 1. The van der Waals surface area contributed by atoms with Gasteiger partial charge in [0.25, 0.3) is 0 Å². The fraction of sp³-hybridized carbons (Fsp3) is 1.00. The molecule has 0 saturated carbocycles. The largest absolute Gasteiger partial charge is 0.388 e. The summed E-state index contributed by atoms with van der Waals surface area (Å²) in [7, 11) is 0. The van der Waals surface area contributed by atoms with Crippen molar-refractivity contribution in [2.45, 2.75) is 62.6 Å². The summed E-state index contributed by atoms with van der Waals surface area (Å²) in [6, 6.07) is 1.03. The number of rotatable bonds is 1. The predicted molar refractivity (Wildman–Crippen MR) is 64.4 cm³/mol. The van der Waals surface area contributed by atoms with Crippen molar-refractivity contribution in [2.75, 3.05) is 19.6 Å². The van der Waals surface area contributed by atoms with Crippen molar-refractivity contribution in [3.8, 4) is 0 Å². The van der Waals surface area contributed by atoms with Crippen LogP contribution in [0, 0.1) is 0 Å². The zero-order chi connectivity index (χ0) is 11.0. The zero-order valence-corrected chi connectivity index (χ0v) is 10.1. The maximum atomic E-state index is 10.9. The summed E-state index contributed by atoms with van der Waals surface area (Å²) in [5, 5.41) is 14.4. The molecule has 0 aromatic carbocycles. The van der Waals surface area contributed by atoms with Crippen molar-refractivity contribution < 1.29 is 5.11 Å². The lowest BCUT2D eigenvalue weighted by Gasteiger charge is -2.46. The molecule has 3 atom stereocenters. The Labute approximate surface area is 98.2 Å². The second-order valence-electron chi connectivity index (χ2n) is 5.89. The highest BCUT2D eigenvalue weighted by atomic mass is 16.3. The van der Waals surface area contributed by atoms with E-state index in [0.717, 1.165) is 25.9 Å². The molecule has 3 saturated heterocycles. The monoisotopic (exact) mass is 224 g/mol. The van der Waals surface area contributed by atoms with E-state index >= 15 is 0 Å². The van der Waals surface area contributed by atoms with Gasteiger partial charge in [-0.1, -0.05) is 6.42 Å². The molecular formula is C13H24N2O. The summed E-state index contributed by atoms with van der Waals surface area (Å²) in [5.74, 6) is 0. The maximum Gasteiger partial charge on any atom is 0.0827 e. The number of aliphatic hydroxyl groups is 1. The van der Waals surface area contributed by atoms with Gasteiger partial charge in [0.2, 0.25) is 0 Å². The Morgan fingerprint density at radius 1 is 1.12 bits per heavy atom. The number of piperidine rings is 2. The van der Waals surface area contributed by atoms with Crippen LogP contribution in [0.4, 0.5) is 0 Å². The van der Waals surface area contributed by atoms with E-state index in [2.05, 4.69) is 10.2 Å². The molecule has 0 aromatic rings. The number of hydrogen-bond acceptors (Lipinski definition) is 3. The smallest absolute Gasteiger partial charge is 0.0827 e. The Morgan fingerprint density at radius 2 is 2.06 bits per heavy atom. The average molecular weight is 224 g/mol. The molecule has 3 heterocycles. The van der Waals surface area contributed by atoms with E-state index in [1.165, 1.54) is 38.6 Å². The van der Waals surface area contributed by atoms with Gasteiger partial charge in [-0.25, -0.2) is 0 Å². The van der Waals surface area contributed by atoms with Crippen LogP contribution in [0.3, 0.4) is 0 Å². The van der Waals surface area contributed by atoms with Crippen LogP contribution in [0.2, 0.25) is 0 Å². The first-order valence-electron chi connectivity index (χ1n) is 6.98. The first kappa shape index (κ1) is 11.0. The van der Waals surface area contributed by atoms with Gasteiger partial charge in [-0.3, -0.25) is 0 Å². The number of nitrogens with zero attached hydrogens (tertiary/aromatic N) is 1. The predicted octanol–water partition coefficient (Wildman–Crippen LogP) is 1.12. The van der Waals surface area contributed by atoms with E-state index in [1.54, 1.807) is 0 Å². The molecule has 0 bridgehead atoms. The topological polar surface area (TPSA) is 35.5 Å². The average Bonchev–Trinajstić information content (AvgIpc) is 2.77. The normalized spacial score (nSPS) is 45.6. The Kier molecular flexibility index (Phi) is 2.94. The second kappa shape index (κ2) is 4.28. The van der Waals surface area contributed by atoms with Gasteiger partial charge in [-0.05, 0) is 51.6 Å². The number of hydrogen-bond donors (Lipinski definition) is 2.